The molecule has 1 aromatic carbocycles. The first-order valence-electron chi connectivity index (χ1n) is 6.70. The Labute approximate surface area is 109 Å². The fourth-order valence-electron chi connectivity index (χ4n) is 2.37. The van der Waals surface area contributed by atoms with Crippen molar-refractivity contribution in [3.8, 4) is 5.75 Å². The van der Waals surface area contributed by atoms with E-state index in [-0.39, 0.29) is 5.82 Å². The van der Waals surface area contributed by atoms with Gasteiger partial charge in [0.25, 0.3) is 0 Å². The molecular formula is C15H22FNO. The van der Waals surface area contributed by atoms with Gasteiger partial charge in [-0.3, -0.25) is 0 Å². The quantitative estimate of drug-likeness (QED) is 0.813. The van der Waals surface area contributed by atoms with Crippen LogP contribution >= 0.6 is 0 Å². The lowest BCUT2D eigenvalue weighted by Crippen LogP contribution is -2.30. The van der Waals surface area contributed by atoms with Gasteiger partial charge in [0.1, 0.15) is 6.61 Å². The van der Waals surface area contributed by atoms with Crippen LogP contribution in [0.25, 0.3) is 0 Å². The molecule has 1 saturated heterocycles. The molecule has 0 unspecified atom stereocenters. The molecule has 18 heavy (non-hydrogen) atoms. The van der Waals surface area contributed by atoms with E-state index in [9.17, 15) is 4.39 Å². The zero-order chi connectivity index (χ0) is 13.1. The lowest BCUT2D eigenvalue weighted by molar-refractivity contribution is 0.193. The highest BCUT2D eigenvalue weighted by molar-refractivity contribution is 5.32. The summed E-state index contributed by atoms with van der Waals surface area (Å²) in [7, 11) is 2.10. The van der Waals surface area contributed by atoms with Crippen molar-refractivity contribution >= 4 is 0 Å². The maximum atomic E-state index is 13.7. The number of benzene rings is 1. The lowest BCUT2D eigenvalue weighted by Gasteiger charge is -2.20. The monoisotopic (exact) mass is 251 g/mol. The largest absolute Gasteiger partial charge is 0.489 e. The Balaban J connectivity index is 2.01. The van der Waals surface area contributed by atoms with Gasteiger partial charge in [-0.05, 0) is 50.0 Å². The van der Waals surface area contributed by atoms with Gasteiger partial charge in [0.05, 0.1) is 0 Å². The summed E-state index contributed by atoms with van der Waals surface area (Å²) in [5.74, 6) is 0.517. The molecule has 1 aliphatic rings. The van der Waals surface area contributed by atoms with E-state index >= 15 is 0 Å². The average molecular weight is 251 g/mol. The molecule has 1 aromatic rings. The van der Waals surface area contributed by atoms with Crippen molar-refractivity contribution in [2.24, 2.45) is 0 Å². The number of likely N-dealkylation sites (N-methyl/N-ethyl adjacent to an activating group) is 1. The highest BCUT2D eigenvalue weighted by Gasteiger charge is 2.21. The molecule has 0 spiro atoms. The van der Waals surface area contributed by atoms with Crippen LogP contribution in [0.2, 0.25) is 0 Å². The number of hydrogen-bond acceptors (Lipinski definition) is 2. The molecule has 0 radical (unpaired) electrons. The zero-order valence-corrected chi connectivity index (χ0v) is 11.4. The predicted molar refractivity (Wildman–Crippen MR) is 71.6 cm³/mol. The summed E-state index contributed by atoms with van der Waals surface area (Å²) in [6, 6.07) is 5.58. The fourth-order valence-corrected chi connectivity index (χ4v) is 2.37. The fraction of sp³-hybridized carbons (Fsp3) is 0.600. The van der Waals surface area contributed by atoms with Crippen LogP contribution in [-0.2, 0) is 0 Å². The third-order valence-electron chi connectivity index (χ3n) is 3.72. The Morgan fingerprint density at radius 2 is 2.22 bits per heavy atom. The molecule has 0 aromatic heterocycles. The molecule has 2 rings (SSSR count). The van der Waals surface area contributed by atoms with Crippen molar-refractivity contribution in [3.05, 3.63) is 29.6 Å². The minimum Gasteiger partial charge on any atom is -0.489 e. The van der Waals surface area contributed by atoms with Gasteiger partial charge in [0.2, 0.25) is 0 Å². The molecular weight excluding hydrogens is 229 g/mol. The number of nitrogens with zero attached hydrogens (tertiary/aromatic N) is 1. The second-order valence-electron chi connectivity index (χ2n) is 5.43. The molecule has 1 atom stereocenters. The van der Waals surface area contributed by atoms with E-state index in [1.165, 1.54) is 12.5 Å². The van der Waals surface area contributed by atoms with Gasteiger partial charge in [-0.1, -0.05) is 19.9 Å². The van der Waals surface area contributed by atoms with Gasteiger partial charge in [0, 0.05) is 6.04 Å². The number of halogens is 1. The van der Waals surface area contributed by atoms with E-state index in [4.69, 9.17) is 4.74 Å². The van der Waals surface area contributed by atoms with E-state index in [2.05, 4.69) is 25.8 Å². The van der Waals surface area contributed by atoms with Crippen molar-refractivity contribution in [1.82, 2.24) is 4.90 Å². The SMILES string of the molecule is CC(C)c1ccc(F)c(OC[C@@H]2CCCN2C)c1. The molecule has 1 heterocycles. The molecule has 3 heteroatoms. The highest BCUT2D eigenvalue weighted by atomic mass is 19.1. The Bertz CT molecular complexity index is 405. The molecule has 1 fully saturated rings. The van der Waals surface area contributed by atoms with E-state index in [0.29, 0.717) is 24.3 Å². The van der Waals surface area contributed by atoms with Crippen LogP contribution in [0.4, 0.5) is 4.39 Å². The summed E-state index contributed by atoms with van der Waals surface area (Å²) < 4.78 is 19.3. The number of likely N-dealkylation sites (tertiary alicyclic amines) is 1. The smallest absolute Gasteiger partial charge is 0.165 e. The number of rotatable bonds is 4. The standard InChI is InChI=1S/C15H22FNO/c1-11(2)12-6-7-14(16)15(9-12)18-10-13-5-4-8-17(13)3/h6-7,9,11,13H,4-5,8,10H2,1-3H3/t13-/m0/s1. The van der Waals surface area contributed by atoms with Crippen LogP contribution in [0.15, 0.2) is 18.2 Å². The van der Waals surface area contributed by atoms with Crippen LogP contribution in [0.3, 0.4) is 0 Å². The third-order valence-corrected chi connectivity index (χ3v) is 3.72. The summed E-state index contributed by atoms with van der Waals surface area (Å²) in [4.78, 5) is 2.28. The minimum absolute atomic E-state index is 0.264. The van der Waals surface area contributed by atoms with Crippen LogP contribution in [0.1, 0.15) is 38.2 Å². The zero-order valence-electron chi connectivity index (χ0n) is 11.4. The lowest BCUT2D eigenvalue weighted by atomic mass is 10.0. The molecule has 0 aliphatic carbocycles. The van der Waals surface area contributed by atoms with Gasteiger partial charge < -0.3 is 9.64 Å². The molecule has 0 bridgehead atoms. The van der Waals surface area contributed by atoms with Gasteiger partial charge in [-0.25, -0.2) is 4.39 Å². The van der Waals surface area contributed by atoms with Crippen LogP contribution in [0, 0.1) is 5.82 Å². The molecule has 0 amide bonds. The van der Waals surface area contributed by atoms with E-state index < -0.39 is 0 Å². The minimum atomic E-state index is -0.264. The average Bonchev–Trinajstić information content (AvgIpc) is 2.73. The van der Waals surface area contributed by atoms with E-state index in [1.807, 2.05) is 12.1 Å². The second kappa shape index (κ2) is 5.70. The van der Waals surface area contributed by atoms with Crippen LogP contribution < -0.4 is 4.74 Å². The highest BCUT2D eigenvalue weighted by Crippen LogP contribution is 2.25. The summed E-state index contributed by atoms with van der Waals surface area (Å²) >= 11 is 0. The van der Waals surface area contributed by atoms with Crippen LogP contribution in [-0.4, -0.2) is 31.1 Å². The van der Waals surface area contributed by atoms with Crippen molar-refractivity contribution in [1.29, 1.82) is 0 Å². The van der Waals surface area contributed by atoms with Gasteiger partial charge in [0.15, 0.2) is 11.6 Å². The number of ether oxygens (including phenoxy) is 1. The molecule has 100 valence electrons. The summed E-state index contributed by atoms with van der Waals surface area (Å²) in [6.45, 7) is 5.89. The number of hydrogen-bond donors (Lipinski definition) is 0. The second-order valence-corrected chi connectivity index (χ2v) is 5.43. The van der Waals surface area contributed by atoms with E-state index in [1.54, 1.807) is 0 Å². The molecule has 0 N–H and O–H groups in total. The maximum absolute atomic E-state index is 13.7. The van der Waals surface area contributed by atoms with Gasteiger partial charge in [-0.2, -0.15) is 0 Å². The molecule has 1 aliphatic heterocycles. The Morgan fingerprint density at radius 3 is 2.83 bits per heavy atom. The predicted octanol–water partition coefficient (Wildman–Crippen LogP) is 3.42. The normalized spacial score (nSPS) is 20.6. The van der Waals surface area contributed by atoms with Crippen molar-refractivity contribution in [2.45, 2.75) is 38.6 Å². The van der Waals surface area contributed by atoms with E-state index in [0.717, 1.165) is 18.5 Å². The van der Waals surface area contributed by atoms with Crippen LogP contribution in [0.5, 0.6) is 5.75 Å². The first kappa shape index (κ1) is 13.3. The Kier molecular flexibility index (Phi) is 4.23. The Morgan fingerprint density at radius 1 is 1.44 bits per heavy atom. The summed E-state index contributed by atoms with van der Waals surface area (Å²) in [6.07, 6.45) is 2.35. The topological polar surface area (TPSA) is 12.5 Å². The Hall–Kier alpha value is -1.09. The summed E-state index contributed by atoms with van der Waals surface area (Å²) in [5, 5.41) is 0. The third kappa shape index (κ3) is 3.02. The maximum Gasteiger partial charge on any atom is 0.165 e. The van der Waals surface area contributed by atoms with Crippen molar-refractivity contribution in [3.63, 3.8) is 0 Å². The first-order chi connectivity index (χ1) is 8.58. The summed E-state index contributed by atoms with van der Waals surface area (Å²) in [5.41, 5.74) is 1.12. The van der Waals surface area contributed by atoms with Crippen molar-refractivity contribution in [2.75, 3.05) is 20.2 Å². The van der Waals surface area contributed by atoms with Gasteiger partial charge >= 0.3 is 0 Å². The van der Waals surface area contributed by atoms with Crippen molar-refractivity contribution < 1.29 is 9.13 Å². The first-order valence-corrected chi connectivity index (χ1v) is 6.70. The molecule has 0 saturated carbocycles. The van der Waals surface area contributed by atoms with Gasteiger partial charge in [-0.15, -0.1) is 0 Å². The molecule has 2 nitrogen and oxygen atoms in total.